The van der Waals surface area contributed by atoms with E-state index in [2.05, 4.69) is 25.7 Å². The molecule has 20 heavy (non-hydrogen) atoms. The van der Waals surface area contributed by atoms with Crippen LogP contribution in [0.5, 0.6) is 0 Å². The number of carbonyl (C=O) groups excluding carboxylic acids is 1. The minimum Gasteiger partial charge on any atom is -0.360 e. The Kier molecular flexibility index (Phi) is 2.96. The molecule has 0 aliphatic heterocycles. The van der Waals surface area contributed by atoms with Gasteiger partial charge in [0.1, 0.15) is 29.9 Å². The highest BCUT2D eigenvalue weighted by molar-refractivity contribution is 6.02. The van der Waals surface area contributed by atoms with Crippen LogP contribution in [-0.4, -0.2) is 30.8 Å². The van der Waals surface area contributed by atoms with Gasteiger partial charge in [0.2, 0.25) is 0 Å². The molecule has 100 valence electrons. The number of pyridine rings is 1. The van der Waals surface area contributed by atoms with Gasteiger partial charge in [-0.2, -0.15) is 0 Å². The Labute approximate surface area is 113 Å². The van der Waals surface area contributed by atoms with Gasteiger partial charge in [-0.1, -0.05) is 11.2 Å². The SMILES string of the molecule is Cc1cc(NC(=O)c2cccc(-n3cnnc3)n2)no1. The molecule has 0 fully saturated rings. The summed E-state index contributed by atoms with van der Waals surface area (Å²) in [5.41, 5.74) is 0.261. The van der Waals surface area contributed by atoms with Gasteiger partial charge in [0, 0.05) is 6.07 Å². The Bertz CT molecular complexity index is 734. The fraction of sp³-hybridized carbons (Fsp3) is 0.0833. The number of amides is 1. The second-order valence-electron chi connectivity index (χ2n) is 4.03. The average Bonchev–Trinajstić information content (AvgIpc) is 3.11. The van der Waals surface area contributed by atoms with Crippen molar-refractivity contribution in [1.29, 1.82) is 0 Å². The molecule has 3 rings (SSSR count). The lowest BCUT2D eigenvalue weighted by molar-refractivity contribution is 0.102. The molecule has 1 amide bonds. The highest BCUT2D eigenvalue weighted by Crippen LogP contribution is 2.10. The Morgan fingerprint density at radius 3 is 2.80 bits per heavy atom. The zero-order chi connectivity index (χ0) is 13.9. The summed E-state index contributed by atoms with van der Waals surface area (Å²) < 4.78 is 6.49. The Morgan fingerprint density at radius 2 is 2.10 bits per heavy atom. The zero-order valence-electron chi connectivity index (χ0n) is 10.5. The maximum Gasteiger partial charge on any atom is 0.275 e. The second-order valence-corrected chi connectivity index (χ2v) is 4.03. The Morgan fingerprint density at radius 1 is 1.30 bits per heavy atom. The Balaban J connectivity index is 1.83. The molecule has 0 bridgehead atoms. The molecule has 0 aliphatic rings. The van der Waals surface area contributed by atoms with E-state index in [1.165, 1.54) is 12.7 Å². The third-order valence-electron chi connectivity index (χ3n) is 2.52. The van der Waals surface area contributed by atoms with Crippen molar-refractivity contribution in [1.82, 2.24) is 24.9 Å². The molecular formula is C12H10N6O2. The number of hydrogen-bond donors (Lipinski definition) is 1. The Hall–Kier alpha value is -3.03. The lowest BCUT2D eigenvalue weighted by Gasteiger charge is -2.03. The van der Waals surface area contributed by atoms with E-state index in [4.69, 9.17) is 4.52 Å². The molecule has 1 N–H and O–H groups in total. The van der Waals surface area contributed by atoms with Crippen LogP contribution in [0.3, 0.4) is 0 Å². The summed E-state index contributed by atoms with van der Waals surface area (Å²) in [5.74, 6) is 1.16. The number of nitrogens with one attached hydrogen (secondary N) is 1. The molecule has 3 heterocycles. The first-order valence-electron chi connectivity index (χ1n) is 5.79. The van der Waals surface area contributed by atoms with Crippen LogP contribution in [-0.2, 0) is 0 Å². The predicted octanol–water partition coefficient (Wildman–Crippen LogP) is 1.21. The van der Waals surface area contributed by atoms with Crippen LogP contribution in [0.15, 0.2) is 41.4 Å². The molecule has 0 spiro atoms. The van der Waals surface area contributed by atoms with Crippen molar-refractivity contribution < 1.29 is 9.32 Å². The van der Waals surface area contributed by atoms with Crippen molar-refractivity contribution in [3.63, 3.8) is 0 Å². The second kappa shape index (κ2) is 4.92. The van der Waals surface area contributed by atoms with Gasteiger partial charge in [0.15, 0.2) is 5.82 Å². The molecule has 8 nitrogen and oxygen atoms in total. The van der Waals surface area contributed by atoms with Crippen LogP contribution in [0.25, 0.3) is 5.82 Å². The molecule has 0 unspecified atom stereocenters. The number of rotatable bonds is 3. The van der Waals surface area contributed by atoms with Gasteiger partial charge < -0.3 is 9.84 Å². The van der Waals surface area contributed by atoms with Crippen molar-refractivity contribution in [2.45, 2.75) is 6.92 Å². The summed E-state index contributed by atoms with van der Waals surface area (Å²) in [6, 6.07) is 6.71. The number of aromatic nitrogens is 5. The van der Waals surface area contributed by atoms with E-state index in [0.717, 1.165) is 0 Å². The van der Waals surface area contributed by atoms with Gasteiger partial charge in [-0.3, -0.25) is 9.36 Å². The van der Waals surface area contributed by atoms with Gasteiger partial charge in [0.25, 0.3) is 5.91 Å². The van der Waals surface area contributed by atoms with E-state index >= 15 is 0 Å². The lowest BCUT2D eigenvalue weighted by atomic mass is 10.3. The van der Waals surface area contributed by atoms with Gasteiger partial charge >= 0.3 is 0 Å². The van der Waals surface area contributed by atoms with Gasteiger partial charge in [0.05, 0.1) is 0 Å². The summed E-state index contributed by atoms with van der Waals surface area (Å²) >= 11 is 0. The third-order valence-corrected chi connectivity index (χ3v) is 2.52. The standard InChI is InChI=1S/C12H10N6O2/c1-8-5-10(17-20-8)16-12(19)9-3-2-4-11(15-9)18-6-13-14-7-18/h2-7H,1H3,(H,16,17,19). The van der Waals surface area contributed by atoms with Crippen molar-refractivity contribution in [2.75, 3.05) is 5.32 Å². The quantitative estimate of drug-likeness (QED) is 0.768. The number of aryl methyl sites for hydroxylation is 1. The molecule has 0 saturated heterocycles. The third kappa shape index (κ3) is 2.39. The van der Waals surface area contributed by atoms with Crippen LogP contribution >= 0.6 is 0 Å². The van der Waals surface area contributed by atoms with E-state index in [1.54, 1.807) is 35.8 Å². The topological polar surface area (TPSA) is 98.7 Å². The van der Waals surface area contributed by atoms with Crippen LogP contribution in [0.1, 0.15) is 16.2 Å². The average molecular weight is 270 g/mol. The van der Waals surface area contributed by atoms with E-state index in [-0.39, 0.29) is 11.6 Å². The first-order chi connectivity index (χ1) is 9.72. The molecule has 0 atom stereocenters. The largest absolute Gasteiger partial charge is 0.360 e. The van der Waals surface area contributed by atoms with Crippen molar-refractivity contribution in [3.8, 4) is 5.82 Å². The monoisotopic (exact) mass is 270 g/mol. The highest BCUT2D eigenvalue weighted by Gasteiger charge is 2.11. The molecule has 3 aromatic heterocycles. The molecule has 8 heteroatoms. The fourth-order valence-corrected chi connectivity index (χ4v) is 1.62. The maximum absolute atomic E-state index is 12.0. The maximum atomic E-state index is 12.0. The summed E-state index contributed by atoms with van der Waals surface area (Å²) in [4.78, 5) is 16.3. The highest BCUT2D eigenvalue weighted by atomic mass is 16.5. The van der Waals surface area contributed by atoms with Gasteiger partial charge in [-0.05, 0) is 19.1 Å². The van der Waals surface area contributed by atoms with Crippen LogP contribution in [0, 0.1) is 6.92 Å². The first kappa shape index (κ1) is 12.0. The molecule has 0 saturated carbocycles. The summed E-state index contributed by atoms with van der Waals surface area (Å²) in [6.07, 6.45) is 3.01. The zero-order valence-corrected chi connectivity index (χ0v) is 10.5. The lowest BCUT2D eigenvalue weighted by Crippen LogP contribution is -2.14. The van der Waals surface area contributed by atoms with Crippen LogP contribution < -0.4 is 5.32 Å². The molecule has 0 radical (unpaired) electrons. The van der Waals surface area contributed by atoms with Gasteiger partial charge in [-0.25, -0.2) is 4.98 Å². The molecule has 0 aliphatic carbocycles. The minimum atomic E-state index is -0.367. The number of carbonyl (C=O) groups is 1. The number of nitrogens with zero attached hydrogens (tertiary/aromatic N) is 5. The van der Waals surface area contributed by atoms with E-state index < -0.39 is 0 Å². The van der Waals surface area contributed by atoms with E-state index in [0.29, 0.717) is 17.4 Å². The van der Waals surface area contributed by atoms with Gasteiger partial charge in [-0.15, -0.1) is 10.2 Å². The number of anilines is 1. The summed E-state index contributed by atoms with van der Waals surface area (Å²) in [6.45, 7) is 1.74. The normalized spacial score (nSPS) is 10.4. The smallest absolute Gasteiger partial charge is 0.275 e. The van der Waals surface area contributed by atoms with Crippen LogP contribution in [0.4, 0.5) is 5.82 Å². The van der Waals surface area contributed by atoms with Crippen molar-refractivity contribution in [2.24, 2.45) is 0 Å². The van der Waals surface area contributed by atoms with Crippen LogP contribution in [0.2, 0.25) is 0 Å². The van der Waals surface area contributed by atoms with Crippen molar-refractivity contribution in [3.05, 3.63) is 48.4 Å². The van der Waals surface area contributed by atoms with E-state index in [9.17, 15) is 4.79 Å². The predicted molar refractivity (Wildman–Crippen MR) is 68.3 cm³/mol. The van der Waals surface area contributed by atoms with E-state index in [1.807, 2.05) is 0 Å². The number of hydrogen-bond acceptors (Lipinski definition) is 6. The molecule has 3 aromatic rings. The molecular weight excluding hydrogens is 260 g/mol. The minimum absolute atomic E-state index is 0.261. The first-order valence-corrected chi connectivity index (χ1v) is 5.79. The summed E-state index contributed by atoms with van der Waals surface area (Å²) in [7, 11) is 0. The summed E-state index contributed by atoms with van der Waals surface area (Å²) in [5, 5.41) is 13.7. The molecule has 0 aromatic carbocycles. The fourth-order valence-electron chi connectivity index (χ4n) is 1.62. The van der Waals surface area contributed by atoms with Crippen molar-refractivity contribution >= 4 is 11.7 Å².